The van der Waals surface area contributed by atoms with E-state index in [1.54, 1.807) is 17.9 Å². The molecule has 7 nitrogen and oxygen atoms in total. The summed E-state index contributed by atoms with van der Waals surface area (Å²) in [7, 11) is 0. The molecule has 2 aromatic carbocycles. The molecule has 1 saturated heterocycles. The summed E-state index contributed by atoms with van der Waals surface area (Å²) in [6.07, 6.45) is 2.10. The van der Waals surface area contributed by atoms with E-state index in [0.717, 1.165) is 30.5 Å². The lowest BCUT2D eigenvalue weighted by molar-refractivity contribution is -0.149. The van der Waals surface area contributed by atoms with Crippen molar-refractivity contribution in [2.45, 2.75) is 39.3 Å². The molecular formula is C26H31N3O4. The molecule has 2 heterocycles. The summed E-state index contributed by atoms with van der Waals surface area (Å²) in [5.41, 5.74) is 2.99. The van der Waals surface area contributed by atoms with Gasteiger partial charge in [0.1, 0.15) is 6.17 Å². The van der Waals surface area contributed by atoms with E-state index < -0.39 is 0 Å². The normalized spacial score (nSPS) is 19.9. The number of piperidine rings is 1. The highest BCUT2D eigenvalue weighted by atomic mass is 16.5. The minimum Gasteiger partial charge on any atom is -0.466 e. The van der Waals surface area contributed by atoms with E-state index >= 15 is 0 Å². The van der Waals surface area contributed by atoms with Gasteiger partial charge in [-0.1, -0.05) is 31.2 Å². The van der Waals surface area contributed by atoms with Gasteiger partial charge in [0.05, 0.1) is 12.5 Å². The monoisotopic (exact) mass is 449 g/mol. The van der Waals surface area contributed by atoms with Crippen molar-refractivity contribution in [3.63, 3.8) is 0 Å². The molecular weight excluding hydrogens is 418 g/mol. The number of hydrogen-bond donors (Lipinski definition) is 1. The second kappa shape index (κ2) is 10.1. The van der Waals surface area contributed by atoms with E-state index in [-0.39, 0.29) is 29.9 Å². The van der Waals surface area contributed by atoms with E-state index in [1.807, 2.05) is 47.4 Å². The molecule has 0 spiro atoms. The number of fused-ring (bicyclic) bond motifs is 1. The van der Waals surface area contributed by atoms with Gasteiger partial charge in [0.25, 0.3) is 11.8 Å². The minimum absolute atomic E-state index is 0.0236. The average molecular weight is 450 g/mol. The molecule has 2 aliphatic rings. The van der Waals surface area contributed by atoms with E-state index in [1.165, 1.54) is 0 Å². The van der Waals surface area contributed by atoms with Crippen molar-refractivity contribution >= 4 is 23.5 Å². The summed E-state index contributed by atoms with van der Waals surface area (Å²) >= 11 is 0. The van der Waals surface area contributed by atoms with Gasteiger partial charge >= 0.3 is 5.97 Å². The Hall–Kier alpha value is -3.35. The zero-order valence-electron chi connectivity index (χ0n) is 19.3. The second-order valence-corrected chi connectivity index (χ2v) is 8.56. The number of nitrogens with one attached hydrogen (secondary N) is 1. The molecule has 0 radical (unpaired) electrons. The third-order valence-corrected chi connectivity index (χ3v) is 6.26. The molecule has 7 heteroatoms. The fraction of sp³-hybridized carbons (Fsp3) is 0.423. The van der Waals surface area contributed by atoms with Crippen LogP contribution in [0.3, 0.4) is 0 Å². The lowest BCUT2D eigenvalue weighted by Crippen LogP contribution is -2.42. The van der Waals surface area contributed by atoms with Gasteiger partial charge in [0, 0.05) is 42.0 Å². The van der Waals surface area contributed by atoms with E-state index in [4.69, 9.17) is 4.74 Å². The highest BCUT2D eigenvalue weighted by molar-refractivity contribution is 5.99. The number of hydrogen-bond acceptors (Lipinski definition) is 5. The zero-order chi connectivity index (χ0) is 23.4. The van der Waals surface area contributed by atoms with Crippen LogP contribution < -0.4 is 5.32 Å². The Bertz CT molecular complexity index is 1040. The first kappa shape index (κ1) is 22.8. The molecule has 2 unspecified atom stereocenters. The number of likely N-dealkylation sites (tertiary alicyclic amines) is 1. The highest BCUT2D eigenvalue weighted by Crippen LogP contribution is 2.34. The van der Waals surface area contributed by atoms with Gasteiger partial charge in [-0.2, -0.15) is 0 Å². The van der Waals surface area contributed by atoms with Crippen molar-refractivity contribution in [3.8, 4) is 0 Å². The Kier molecular flexibility index (Phi) is 6.96. The van der Waals surface area contributed by atoms with Crippen LogP contribution in [0.15, 0.2) is 48.5 Å². The maximum atomic E-state index is 13.2. The quantitative estimate of drug-likeness (QED) is 0.645. The van der Waals surface area contributed by atoms with Crippen LogP contribution in [0.25, 0.3) is 0 Å². The van der Waals surface area contributed by atoms with Gasteiger partial charge < -0.3 is 19.9 Å². The predicted octanol–water partition coefficient (Wildman–Crippen LogP) is 4.08. The maximum absolute atomic E-state index is 13.2. The van der Waals surface area contributed by atoms with Crippen LogP contribution in [0.4, 0.5) is 5.69 Å². The van der Waals surface area contributed by atoms with Gasteiger partial charge in [-0.15, -0.1) is 0 Å². The molecule has 1 fully saturated rings. The molecule has 33 heavy (non-hydrogen) atoms. The molecule has 0 aliphatic carbocycles. The summed E-state index contributed by atoms with van der Waals surface area (Å²) in [5.74, 6) is -0.574. The lowest BCUT2D eigenvalue weighted by atomic mass is 9.97. The Morgan fingerprint density at radius 2 is 1.94 bits per heavy atom. The zero-order valence-corrected chi connectivity index (χ0v) is 19.3. The lowest BCUT2D eigenvalue weighted by Gasteiger charge is -2.32. The van der Waals surface area contributed by atoms with Crippen LogP contribution in [0.5, 0.6) is 0 Å². The number of rotatable bonds is 7. The SMILES string of the molecule is CCCN1C(=O)c2ccccc2C1Nc1cccc(C(=O)N2CCCC(C(=O)OCC)C2)c1. The van der Waals surface area contributed by atoms with Gasteiger partial charge in [-0.05, 0) is 50.5 Å². The number of benzene rings is 2. The molecule has 2 aromatic rings. The largest absolute Gasteiger partial charge is 0.466 e. The highest BCUT2D eigenvalue weighted by Gasteiger charge is 2.36. The Morgan fingerprint density at radius 3 is 2.73 bits per heavy atom. The smallest absolute Gasteiger partial charge is 0.310 e. The maximum Gasteiger partial charge on any atom is 0.310 e. The second-order valence-electron chi connectivity index (χ2n) is 8.56. The van der Waals surface area contributed by atoms with Crippen LogP contribution in [-0.4, -0.2) is 53.8 Å². The topological polar surface area (TPSA) is 79.0 Å². The first-order chi connectivity index (χ1) is 16.0. The molecule has 2 aliphatic heterocycles. The van der Waals surface area contributed by atoms with Gasteiger partial charge in [-0.3, -0.25) is 14.4 Å². The van der Waals surface area contributed by atoms with Crippen LogP contribution in [0.2, 0.25) is 0 Å². The van der Waals surface area contributed by atoms with Gasteiger partial charge in [0.15, 0.2) is 0 Å². The molecule has 0 aromatic heterocycles. The van der Waals surface area contributed by atoms with Gasteiger partial charge in [0.2, 0.25) is 0 Å². The summed E-state index contributed by atoms with van der Waals surface area (Å²) in [6.45, 7) is 5.84. The average Bonchev–Trinajstić information content (AvgIpc) is 3.10. The molecule has 174 valence electrons. The fourth-order valence-corrected chi connectivity index (χ4v) is 4.69. The van der Waals surface area contributed by atoms with Crippen molar-refractivity contribution in [2.75, 3.05) is 31.6 Å². The Morgan fingerprint density at radius 1 is 1.12 bits per heavy atom. The molecule has 1 N–H and O–H groups in total. The van der Waals surface area contributed by atoms with Crippen LogP contribution in [0, 0.1) is 5.92 Å². The Labute approximate surface area is 194 Å². The minimum atomic E-state index is -0.276. The van der Waals surface area contributed by atoms with Crippen LogP contribution >= 0.6 is 0 Å². The number of carbonyl (C=O) groups is 3. The summed E-state index contributed by atoms with van der Waals surface area (Å²) < 4.78 is 5.16. The number of carbonyl (C=O) groups excluding carboxylic acids is 3. The molecule has 4 rings (SSSR count). The molecule has 2 atom stereocenters. The molecule has 2 amide bonds. The first-order valence-corrected chi connectivity index (χ1v) is 11.8. The molecule has 0 saturated carbocycles. The van der Waals surface area contributed by atoms with Crippen molar-refractivity contribution in [2.24, 2.45) is 5.92 Å². The van der Waals surface area contributed by atoms with Crippen molar-refractivity contribution in [3.05, 3.63) is 65.2 Å². The van der Waals surface area contributed by atoms with Gasteiger partial charge in [-0.25, -0.2) is 0 Å². The van der Waals surface area contributed by atoms with Crippen LogP contribution in [0.1, 0.15) is 65.6 Å². The summed E-state index contributed by atoms with van der Waals surface area (Å²) in [6, 6.07) is 15.0. The number of nitrogens with zero attached hydrogens (tertiary/aromatic N) is 2. The van der Waals surface area contributed by atoms with E-state index in [0.29, 0.717) is 37.4 Å². The van der Waals surface area contributed by atoms with E-state index in [9.17, 15) is 14.4 Å². The fourth-order valence-electron chi connectivity index (χ4n) is 4.69. The Balaban J connectivity index is 1.51. The number of ether oxygens (including phenoxy) is 1. The number of anilines is 1. The van der Waals surface area contributed by atoms with Crippen LogP contribution in [-0.2, 0) is 9.53 Å². The first-order valence-electron chi connectivity index (χ1n) is 11.8. The third kappa shape index (κ3) is 4.72. The number of amides is 2. The molecule has 0 bridgehead atoms. The van der Waals surface area contributed by atoms with Crippen molar-refractivity contribution in [1.82, 2.24) is 9.80 Å². The standard InChI is InChI=1S/C26H31N3O4/c1-3-14-29-23(21-12-5-6-13-22(21)25(29)31)27-20-11-7-9-18(16-20)24(30)28-15-8-10-19(17-28)26(32)33-4-2/h5-7,9,11-13,16,19,23,27H,3-4,8,10,14-15,17H2,1-2H3. The van der Waals surface area contributed by atoms with E-state index in [2.05, 4.69) is 12.2 Å². The summed E-state index contributed by atoms with van der Waals surface area (Å²) in [4.78, 5) is 41.8. The summed E-state index contributed by atoms with van der Waals surface area (Å²) in [5, 5.41) is 3.46. The number of esters is 1. The van der Waals surface area contributed by atoms with Crippen molar-refractivity contribution < 1.29 is 19.1 Å². The third-order valence-electron chi connectivity index (χ3n) is 6.26. The predicted molar refractivity (Wildman–Crippen MR) is 126 cm³/mol. The van der Waals surface area contributed by atoms with Crippen molar-refractivity contribution in [1.29, 1.82) is 0 Å².